The van der Waals surface area contributed by atoms with Gasteiger partial charge < -0.3 is 5.32 Å². The Hall–Kier alpha value is -1.68. The highest BCUT2D eigenvalue weighted by molar-refractivity contribution is 5.17. The Kier molecular flexibility index (Phi) is 3.09. The van der Waals surface area contributed by atoms with Gasteiger partial charge in [0.1, 0.15) is 0 Å². The number of aromatic amines is 1. The van der Waals surface area contributed by atoms with E-state index in [-0.39, 0.29) is 0 Å². The predicted molar refractivity (Wildman–Crippen MR) is 58.1 cm³/mol. The number of hydrogen-bond acceptors (Lipinski definition) is 3. The predicted octanol–water partition coefficient (Wildman–Crippen LogP) is 1.40. The summed E-state index contributed by atoms with van der Waals surface area (Å²) in [5.41, 5.74) is 3.41. The molecule has 0 spiro atoms. The van der Waals surface area contributed by atoms with Crippen LogP contribution in [-0.2, 0) is 13.1 Å². The molecule has 2 aromatic heterocycles. The van der Waals surface area contributed by atoms with E-state index < -0.39 is 0 Å². The molecule has 4 nitrogen and oxygen atoms in total. The van der Waals surface area contributed by atoms with Crippen LogP contribution in [0.1, 0.15) is 17.0 Å². The fourth-order valence-electron chi connectivity index (χ4n) is 1.42. The number of hydrogen-bond donors (Lipinski definition) is 2. The Bertz CT molecular complexity index is 408. The standard InChI is InChI=1S/C11H14N4/c1-9-10(3-2-5-13-9)7-12-8-11-4-6-14-15-11/h2-6,12H,7-8H2,1H3,(H,14,15). The van der Waals surface area contributed by atoms with Crippen molar-refractivity contribution in [3.8, 4) is 0 Å². The van der Waals surface area contributed by atoms with Gasteiger partial charge >= 0.3 is 0 Å². The number of H-pyrrole nitrogens is 1. The average molecular weight is 202 g/mol. The summed E-state index contributed by atoms with van der Waals surface area (Å²) in [5.74, 6) is 0. The molecule has 4 heteroatoms. The molecule has 0 aliphatic rings. The Morgan fingerprint density at radius 2 is 2.20 bits per heavy atom. The third-order valence-electron chi connectivity index (χ3n) is 2.31. The first-order valence-electron chi connectivity index (χ1n) is 4.96. The van der Waals surface area contributed by atoms with E-state index in [1.54, 1.807) is 6.20 Å². The van der Waals surface area contributed by atoms with Crippen molar-refractivity contribution in [2.75, 3.05) is 0 Å². The second kappa shape index (κ2) is 4.70. The second-order valence-electron chi connectivity index (χ2n) is 3.43. The molecule has 0 aromatic carbocycles. The number of nitrogens with one attached hydrogen (secondary N) is 2. The monoisotopic (exact) mass is 202 g/mol. The van der Waals surface area contributed by atoms with Crippen LogP contribution in [-0.4, -0.2) is 15.2 Å². The molecule has 2 N–H and O–H groups in total. The largest absolute Gasteiger partial charge is 0.307 e. The van der Waals surface area contributed by atoms with Crippen LogP contribution in [0.15, 0.2) is 30.6 Å². The first-order chi connectivity index (χ1) is 7.36. The molecule has 2 rings (SSSR count). The lowest BCUT2D eigenvalue weighted by Crippen LogP contribution is -2.14. The van der Waals surface area contributed by atoms with E-state index in [0.29, 0.717) is 0 Å². The summed E-state index contributed by atoms with van der Waals surface area (Å²) in [7, 11) is 0. The van der Waals surface area contributed by atoms with Crippen molar-refractivity contribution in [3.63, 3.8) is 0 Å². The Balaban J connectivity index is 1.86. The first-order valence-corrected chi connectivity index (χ1v) is 4.96. The fourth-order valence-corrected chi connectivity index (χ4v) is 1.42. The van der Waals surface area contributed by atoms with Crippen molar-refractivity contribution in [1.82, 2.24) is 20.5 Å². The van der Waals surface area contributed by atoms with Crippen LogP contribution in [0.3, 0.4) is 0 Å². The molecule has 2 aromatic rings. The topological polar surface area (TPSA) is 53.6 Å². The highest BCUT2D eigenvalue weighted by atomic mass is 15.1. The Morgan fingerprint density at radius 1 is 1.27 bits per heavy atom. The summed E-state index contributed by atoms with van der Waals surface area (Å²) in [6.45, 7) is 3.65. The van der Waals surface area contributed by atoms with Crippen LogP contribution < -0.4 is 5.32 Å². The molecule has 0 unspecified atom stereocenters. The third-order valence-corrected chi connectivity index (χ3v) is 2.31. The molecule has 15 heavy (non-hydrogen) atoms. The molecule has 0 radical (unpaired) electrons. The maximum atomic E-state index is 4.23. The molecule has 0 saturated carbocycles. The van der Waals surface area contributed by atoms with Crippen LogP contribution in [0.5, 0.6) is 0 Å². The minimum absolute atomic E-state index is 0.800. The van der Waals surface area contributed by atoms with E-state index >= 15 is 0 Å². The summed E-state index contributed by atoms with van der Waals surface area (Å²) < 4.78 is 0. The molecule has 0 bridgehead atoms. The third kappa shape index (κ3) is 2.63. The average Bonchev–Trinajstić information content (AvgIpc) is 2.74. The van der Waals surface area contributed by atoms with Gasteiger partial charge in [0.2, 0.25) is 0 Å². The Morgan fingerprint density at radius 3 is 2.93 bits per heavy atom. The van der Waals surface area contributed by atoms with E-state index in [2.05, 4.69) is 26.6 Å². The van der Waals surface area contributed by atoms with Gasteiger partial charge in [-0.15, -0.1) is 0 Å². The number of pyridine rings is 1. The zero-order chi connectivity index (χ0) is 10.5. The maximum Gasteiger partial charge on any atom is 0.0490 e. The molecule has 0 aliphatic heterocycles. The molecular formula is C11H14N4. The lowest BCUT2D eigenvalue weighted by Gasteiger charge is -2.05. The zero-order valence-corrected chi connectivity index (χ0v) is 8.70. The molecular weight excluding hydrogens is 188 g/mol. The van der Waals surface area contributed by atoms with Crippen LogP contribution in [0.4, 0.5) is 0 Å². The first kappa shape index (κ1) is 9.86. The minimum Gasteiger partial charge on any atom is -0.307 e. The molecule has 0 fully saturated rings. The van der Waals surface area contributed by atoms with Gasteiger partial charge in [-0.25, -0.2) is 0 Å². The SMILES string of the molecule is Cc1ncccc1CNCc1ccn[nH]1. The normalized spacial score (nSPS) is 10.5. The van der Waals surface area contributed by atoms with Crippen molar-refractivity contribution in [1.29, 1.82) is 0 Å². The molecule has 0 aliphatic carbocycles. The molecule has 0 saturated heterocycles. The maximum absolute atomic E-state index is 4.23. The highest BCUT2D eigenvalue weighted by Gasteiger charge is 1.98. The van der Waals surface area contributed by atoms with Crippen molar-refractivity contribution >= 4 is 0 Å². The van der Waals surface area contributed by atoms with E-state index in [1.807, 2.05) is 25.3 Å². The van der Waals surface area contributed by atoms with Gasteiger partial charge in [-0.05, 0) is 24.6 Å². The fraction of sp³-hybridized carbons (Fsp3) is 0.273. The smallest absolute Gasteiger partial charge is 0.0490 e. The quantitative estimate of drug-likeness (QED) is 0.788. The lowest BCUT2D eigenvalue weighted by molar-refractivity contribution is 0.672. The summed E-state index contributed by atoms with van der Waals surface area (Å²) in [6, 6.07) is 6.01. The number of aromatic nitrogens is 3. The summed E-state index contributed by atoms with van der Waals surface area (Å²) in [4.78, 5) is 4.23. The number of aryl methyl sites for hydroxylation is 1. The van der Waals surface area contributed by atoms with Crippen molar-refractivity contribution in [3.05, 3.63) is 47.5 Å². The van der Waals surface area contributed by atoms with Crippen molar-refractivity contribution in [2.45, 2.75) is 20.0 Å². The molecule has 2 heterocycles. The van der Waals surface area contributed by atoms with E-state index in [9.17, 15) is 0 Å². The van der Waals surface area contributed by atoms with Gasteiger partial charge in [0.05, 0.1) is 0 Å². The molecule has 0 atom stereocenters. The van der Waals surface area contributed by atoms with Gasteiger partial charge in [0, 0.05) is 36.9 Å². The number of nitrogens with zero attached hydrogens (tertiary/aromatic N) is 2. The second-order valence-corrected chi connectivity index (χ2v) is 3.43. The van der Waals surface area contributed by atoms with Gasteiger partial charge in [-0.3, -0.25) is 10.1 Å². The highest BCUT2D eigenvalue weighted by Crippen LogP contribution is 2.03. The van der Waals surface area contributed by atoms with Crippen LogP contribution >= 0.6 is 0 Å². The summed E-state index contributed by atoms with van der Waals surface area (Å²) in [5, 5.41) is 10.1. The lowest BCUT2D eigenvalue weighted by atomic mass is 10.2. The number of rotatable bonds is 4. The van der Waals surface area contributed by atoms with Crippen molar-refractivity contribution in [2.24, 2.45) is 0 Å². The molecule has 78 valence electrons. The van der Waals surface area contributed by atoms with Crippen molar-refractivity contribution < 1.29 is 0 Å². The van der Waals surface area contributed by atoms with Gasteiger partial charge in [-0.1, -0.05) is 6.07 Å². The Labute approximate surface area is 88.8 Å². The van der Waals surface area contributed by atoms with Gasteiger partial charge in [-0.2, -0.15) is 5.10 Å². The summed E-state index contributed by atoms with van der Waals surface area (Å²) in [6.07, 6.45) is 3.57. The zero-order valence-electron chi connectivity index (χ0n) is 8.70. The van der Waals surface area contributed by atoms with Gasteiger partial charge in [0.25, 0.3) is 0 Å². The summed E-state index contributed by atoms with van der Waals surface area (Å²) >= 11 is 0. The van der Waals surface area contributed by atoms with E-state index in [0.717, 1.165) is 24.5 Å². The van der Waals surface area contributed by atoms with Crippen LogP contribution in [0.25, 0.3) is 0 Å². The van der Waals surface area contributed by atoms with E-state index in [1.165, 1.54) is 5.56 Å². The molecule has 0 amide bonds. The van der Waals surface area contributed by atoms with Gasteiger partial charge in [0.15, 0.2) is 0 Å². The van der Waals surface area contributed by atoms with Crippen LogP contribution in [0, 0.1) is 6.92 Å². The van der Waals surface area contributed by atoms with Crippen LogP contribution in [0.2, 0.25) is 0 Å². The van der Waals surface area contributed by atoms with E-state index in [4.69, 9.17) is 0 Å². The minimum atomic E-state index is 0.800.